The van der Waals surface area contributed by atoms with Crippen LogP contribution in [0.25, 0.3) is 0 Å². The second-order valence-electron chi connectivity index (χ2n) is 6.32. The zero-order valence-electron chi connectivity index (χ0n) is 15.7. The number of pyridine rings is 1. The molecular weight excluding hydrogens is 368 g/mol. The molecule has 0 fully saturated rings. The molecule has 3 rings (SSSR count). The third kappa shape index (κ3) is 5.88. The van der Waals surface area contributed by atoms with E-state index in [2.05, 4.69) is 15.6 Å². The lowest BCUT2D eigenvalue weighted by Crippen LogP contribution is -2.37. The van der Waals surface area contributed by atoms with Gasteiger partial charge in [0.05, 0.1) is 0 Å². The Morgan fingerprint density at radius 3 is 2.52 bits per heavy atom. The van der Waals surface area contributed by atoms with Crippen LogP contribution in [0.3, 0.4) is 0 Å². The van der Waals surface area contributed by atoms with E-state index in [1.807, 2.05) is 36.4 Å². The Balaban J connectivity index is 1.70. The van der Waals surface area contributed by atoms with Gasteiger partial charge in [-0.05, 0) is 29.3 Å². The van der Waals surface area contributed by atoms with Crippen molar-refractivity contribution in [2.75, 3.05) is 5.32 Å². The molecule has 0 radical (unpaired) electrons. The number of benzene rings is 2. The summed E-state index contributed by atoms with van der Waals surface area (Å²) >= 11 is 0. The number of nitrogens with one attached hydrogen (secondary N) is 2. The van der Waals surface area contributed by atoms with Crippen LogP contribution in [0.15, 0.2) is 79.1 Å². The average Bonchev–Trinajstić information content (AvgIpc) is 2.77. The average molecular weight is 390 g/mol. The van der Waals surface area contributed by atoms with Crippen LogP contribution in [0.4, 0.5) is 10.5 Å². The van der Waals surface area contributed by atoms with Crippen LogP contribution in [0, 0.1) is 0 Å². The van der Waals surface area contributed by atoms with E-state index in [-0.39, 0.29) is 6.61 Å². The van der Waals surface area contributed by atoms with Gasteiger partial charge in [-0.15, -0.1) is 0 Å². The van der Waals surface area contributed by atoms with Crippen molar-refractivity contribution in [3.63, 3.8) is 0 Å². The highest BCUT2D eigenvalue weighted by atomic mass is 16.5. The molecule has 1 aromatic heterocycles. The molecular formula is C22H22N4O3. The molecule has 3 aromatic rings. The molecule has 0 spiro atoms. The zero-order valence-corrected chi connectivity index (χ0v) is 15.7. The summed E-state index contributed by atoms with van der Waals surface area (Å²) in [5.74, 6) is -0.413. The summed E-state index contributed by atoms with van der Waals surface area (Å²) in [6.45, 7) is 0.465. The first kappa shape index (κ1) is 20.0. The van der Waals surface area contributed by atoms with Crippen LogP contribution in [-0.4, -0.2) is 17.0 Å². The molecule has 1 heterocycles. The Morgan fingerprint density at radius 2 is 1.79 bits per heavy atom. The summed E-state index contributed by atoms with van der Waals surface area (Å²) in [5, 5.41) is 5.42. The van der Waals surface area contributed by atoms with E-state index in [0.717, 1.165) is 11.1 Å². The first-order chi connectivity index (χ1) is 14.2. The van der Waals surface area contributed by atoms with Gasteiger partial charge in [-0.25, -0.2) is 4.79 Å². The van der Waals surface area contributed by atoms with E-state index in [4.69, 9.17) is 10.5 Å². The minimum absolute atomic E-state index is 0.104. The van der Waals surface area contributed by atoms with Gasteiger partial charge < -0.3 is 21.1 Å². The summed E-state index contributed by atoms with van der Waals surface area (Å²) < 4.78 is 5.25. The zero-order chi connectivity index (χ0) is 20.5. The number of amides is 2. The van der Waals surface area contributed by atoms with E-state index in [1.54, 1.807) is 36.5 Å². The van der Waals surface area contributed by atoms with Gasteiger partial charge in [0.25, 0.3) is 5.91 Å². The van der Waals surface area contributed by atoms with E-state index >= 15 is 0 Å². The van der Waals surface area contributed by atoms with Crippen molar-refractivity contribution in [1.29, 1.82) is 0 Å². The van der Waals surface area contributed by atoms with E-state index in [9.17, 15) is 9.59 Å². The second kappa shape index (κ2) is 10.0. The highest BCUT2D eigenvalue weighted by molar-refractivity contribution is 5.97. The molecule has 7 nitrogen and oxygen atoms in total. The Bertz CT molecular complexity index is 949. The maximum absolute atomic E-state index is 12.9. The summed E-state index contributed by atoms with van der Waals surface area (Å²) in [6, 6.07) is 19.0. The van der Waals surface area contributed by atoms with Crippen molar-refractivity contribution >= 4 is 17.7 Å². The lowest BCUT2D eigenvalue weighted by Gasteiger charge is -2.19. The number of nitrogens with zero attached hydrogens (tertiary/aromatic N) is 1. The Hall–Kier alpha value is -3.71. The number of alkyl carbamates (subject to hydrolysis) is 1. The molecule has 2 amide bonds. The van der Waals surface area contributed by atoms with Crippen LogP contribution in [-0.2, 0) is 22.7 Å². The van der Waals surface area contributed by atoms with Gasteiger partial charge in [-0.2, -0.15) is 0 Å². The Morgan fingerprint density at radius 1 is 1.00 bits per heavy atom. The van der Waals surface area contributed by atoms with Gasteiger partial charge in [-0.1, -0.05) is 48.5 Å². The first-order valence-corrected chi connectivity index (χ1v) is 9.12. The summed E-state index contributed by atoms with van der Waals surface area (Å²) in [5.41, 5.74) is 8.52. The highest BCUT2D eigenvalue weighted by Gasteiger charge is 2.24. The van der Waals surface area contributed by atoms with E-state index in [0.29, 0.717) is 17.8 Å². The molecule has 148 valence electrons. The quantitative estimate of drug-likeness (QED) is 0.575. The van der Waals surface area contributed by atoms with Crippen LogP contribution in [0.5, 0.6) is 0 Å². The highest BCUT2D eigenvalue weighted by Crippen LogP contribution is 2.17. The third-order valence-electron chi connectivity index (χ3n) is 4.19. The van der Waals surface area contributed by atoms with Crippen LogP contribution < -0.4 is 16.4 Å². The lowest BCUT2D eigenvalue weighted by molar-refractivity contribution is -0.118. The molecule has 0 saturated carbocycles. The monoisotopic (exact) mass is 390 g/mol. The second-order valence-corrected chi connectivity index (χ2v) is 6.32. The van der Waals surface area contributed by atoms with Crippen LogP contribution in [0.1, 0.15) is 22.7 Å². The molecule has 1 atom stereocenters. The normalized spacial score (nSPS) is 11.3. The van der Waals surface area contributed by atoms with Gasteiger partial charge >= 0.3 is 6.09 Å². The van der Waals surface area contributed by atoms with Crippen molar-refractivity contribution in [3.05, 3.63) is 95.8 Å². The number of hydrogen-bond acceptors (Lipinski definition) is 5. The molecule has 0 aliphatic carbocycles. The van der Waals surface area contributed by atoms with Gasteiger partial charge in [0.2, 0.25) is 0 Å². The smallest absolute Gasteiger partial charge is 0.408 e. The van der Waals surface area contributed by atoms with Gasteiger partial charge in [0.1, 0.15) is 12.6 Å². The third-order valence-corrected chi connectivity index (χ3v) is 4.19. The molecule has 7 heteroatoms. The topological polar surface area (TPSA) is 106 Å². The summed E-state index contributed by atoms with van der Waals surface area (Å²) in [6.07, 6.45) is 2.42. The molecule has 0 bridgehead atoms. The number of carbonyl (C=O) groups excluding carboxylic acids is 2. The molecule has 0 aliphatic heterocycles. The fraction of sp³-hybridized carbons (Fsp3) is 0.136. The number of ether oxygens (including phenoxy) is 1. The molecule has 0 aliphatic rings. The van der Waals surface area contributed by atoms with Crippen LogP contribution in [0.2, 0.25) is 0 Å². The predicted octanol–water partition coefficient (Wildman–Crippen LogP) is 3.15. The molecule has 4 N–H and O–H groups in total. The largest absolute Gasteiger partial charge is 0.445 e. The van der Waals surface area contributed by atoms with Crippen molar-refractivity contribution in [1.82, 2.24) is 10.3 Å². The summed E-state index contributed by atoms with van der Waals surface area (Å²) in [7, 11) is 0. The van der Waals surface area contributed by atoms with Crippen molar-refractivity contribution in [2.45, 2.75) is 19.2 Å². The predicted molar refractivity (Wildman–Crippen MR) is 110 cm³/mol. The van der Waals surface area contributed by atoms with Crippen molar-refractivity contribution in [3.8, 4) is 0 Å². The van der Waals surface area contributed by atoms with Crippen LogP contribution >= 0.6 is 0 Å². The van der Waals surface area contributed by atoms with Gasteiger partial charge in [0.15, 0.2) is 0 Å². The van der Waals surface area contributed by atoms with Gasteiger partial charge in [0, 0.05) is 30.2 Å². The number of carbonyl (C=O) groups is 2. The minimum Gasteiger partial charge on any atom is -0.445 e. The first-order valence-electron chi connectivity index (χ1n) is 9.12. The molecule has 0 unspecified atom stereocenters. The standard InChI is InChI=1S/C22H22N4O3/c23-13-17-8-4-10-19(12-17)25-21(27)20(18-9-5-11-24-14-18)26-22(28)29-15-16-6-2-1-3-7-16/h1-12,14,20H,13,15,23H2,(H,25,27)(H,26,28)/t20-/m0/s1. The fourth-order valence-corrected chi connectivity index (χ4v) is 2.72. The number of nitrogens with two attached hydrogens (primary N) is 1. The van der Waals surface area contributed by atoms with E-state index < -0.39 is 18.0 Å². The van der Waals surface area contributed by atoms with Crippen molar-refractivity contribution in [2.24, 2.45) is 5.73 Å². The number of aromatic nitrogens is 1. The van der Waals surface area contributed by atoms with Crippen molar-refractivity contribution < 1.29 is 14.3 Å². The minimum atomic E-state index is -0.964. The maximum Gasteiger partial charge on any atom is 0.408 e. The number of hydrogen-bond donors (Lipinski definition) is 3. The Labute approximate surface area is 168 Å². The summed E-state index contributed by atoms with van der Waals surface area (Å²) in [4.78, 5) is 29.2. The Kier molecular flexibility index (Phi) is 6.91. The molecule has 2 aromatic carbocycles. The maximum atomic E-state index is 12.9. The molecule has 0 saturated heterocycles. The SMILES string of the molecule is NCc1cccc(NC(=O)[C@@H](NC(=O)OCc2ccccc2)c2cccnc2)c1. The number of rotatable bonds is 7. The number of anilines is 1. The van der Waals surface area contributed by atoms with E-state index in [1.165, 1.54) is 6.20 Å². The fourth-order valence-electron chi connectivity index (χ4n) is 2.72. The van der Waals surface area contributed by atoms with Gasteiger partial charge in [-0.3, -0.25) is 9.78 Å². The molecule has 29 heavy (non-hydrogen) atoms. The lowest BCUT2D eigenvalue weighted by atomic mass is 10.1.